The van der Waals surface area contributed by atoms with Crippen LogP contribution in [0.5, 0.6) is 0 Å². The number of halogens is 2. The first kappa shape index (κ1) is 25.0. The highest BCUT2D eigenvalue weighted by molar-refractivity contribution is 7.92. The van der Waals surface area contributed by atoms with Crippen LogP contribution in [0.3, 0.4) is 0 Å². The largest absolute Gasteiger partial charge is 0.464 e. The second kappa shape index (κ2) is 10.7. The standard InChI is InChI=1S/C25H22Cl2N2O5S/c1-2-3-9-33-24(30)16-29(35(31,32)23-14-20(26)13-21(27)15-23)22-7-6-17-11-19(5-4-18(17)12-22)25-28-8-10-34-25/h4-8,10-15H,2-3,9,16H2,1H3. The Morgan fingerprint density at radius 2 is 1.74 bits per heavy atom. The molecule has 0 bridgehead atoms. The number of aromatic nitrogens is 1. The molecule has 0 radical (unpaired) electrons. The zero-order valence-corrected chi connectivity index (χ0v) is 21.1. The molecule has 0 aliphatic carbocycles. The van der Waals surface area contributed by atoms with E-state index in [1.165, 1.54) is 24.5 Å². The van der Waals surface area contributed by atoms with Crippen molar-refractivity contribution in [3.63, 3.8) is 0 Å². The van der Waals surface area contributed by atoms with Crippen LogP contribution < -0.4 is 4.31 Å². The van der Waals surface area contributed by atoms with E-state index in [-0.39, 0.29) is 21.5 Å². The predicted molar refractivity (Wildman–Crippen MR) is 136 cm³/mol. The molecule has 1 heterocycles. The maximum atomic E-state index is 13.6. The molecule has 0 saturated carbocycles. The van der Waals surface area contributed by atoms with Gasteiger partial charge in [0.1, 0.15) is 12.8 Å². The number of oxazole rings is 1. The van der Waals surface area contributed by atoms with Crippen molar-refractivity contribution in [1.82, 2.24) is 4.98 Å². The summed E-state index contributed by atoms with van der Waals surface area (Å²) in [6, 6.07) is 14.7. The number of ether oxygens (including phenoxy) is 1. The summed E-state index contributed by atoms with van der Waals surface area (Å²) in [5, 5.41) is 1.94. The minimum Gasteiger partial charge on any atom is -0.464 e. The van der Waals surface area contributed by atoms with Crippen LogP contribution in [0.4, 0.5) is 5.69 Å². The van der Waals surface area contributed by atoms with Crippen molar-refractivity contribution in [2.24, 2.45) is 0 Å². The van der Waals surface area contributed by atoms with Crippen LogP contribution in [-0.2, 0) is 19.6 Å². The van der Waals surface area contributed by atoms with Crippen LogP contribution in [-0.4, -0.2) is 32.5 Å². The lowest BCUT2D eigenvalue weighted by Gasteiger charge is -2.24. The number of hydrogen-bond acceptors (Lipinski definition) is 6. The fraction of sp³-hybridized carbons (Fsp3) is 0.200. The third-order valence-electron chi connectivity index (χ3n) is 5.25. The molecule has 0 aliphatic rings. The third-order valence-corrected chi connectivity index (χ3v) is 7.44. The highest BCUT2D eigenvalue weighted by atomic mass is 35.5. The van der Waals surface area contributed by atoms with Gasteiger partial charge in [-0.25, -0.2) is 13.4 Å². The summed E-state index contributed by atoms with van der Waals surface area (Å²) in [5.74, 6) is -0.178. The second-order valence-corrected chi connectivity index (χ2v) is 10.5. The summed E-state index contributed by atoms with van der Waals surface area (Å²) in [6.45, 7) is 1.68. The van der Waals surface area contributed by atoms with Gasteiger partial charge in [-0.05, 0) is 59.7 Å². The van der Waals surface area contributed by atoms with Crippen molar-refractivity contribution in [2.45, 2.75) is 24.7 Å². The van der Waals surface area contributed by atoms with Gasteiger partial charge in [0.15, 0.2) is 0 Å². The van der Waals surface area contributed by atoms with Crippen molar-refractivity contribution in [3.05, 3.63) is 77.1 Å². The van der Waals surface area contributed by atoms with Gasteiger partial charge < -0.3 is 9.15 Å². The van der Waals surface area contributed by atoms with Crippen molar-refractivity contribution >= 4 is 55.7 Å². The lowest BCUT2D eigenvalue weighted by molar-refractivity contribution is -0.141. The van der Waals surface area contributed by atoms with Crippen LogP contribution in [0.2, 0.25) is 10.0 Å². The Labute approximate surface area is 213 Å². The molecule has 0 unspecified atom stereocenters. The Kier molecular flexibility index (Phi) is 7.64. The summed E-state index contributed by atoms with van der Waals surface area (Å²) in [4.78, 5) is 16.6. The lowest BCUT2D eigenvalue weighted by atomic mass is 10.1. The molecule has 0 N–H and O–H groups in total. The van der Waals surface area contributed by atoms with Gasteiger partial charge in [0, 0.05) is 15.6 Å². The van der Waals surface area contributed by atoms with Crippen LogP contribution in [0.15, 0.2) is 76.4 Å². The summed E-state index contributed by atoms with van der Waals surface area (Å²) >= 11 is 12.1. The molecular weight excluding hydrogens is 511 g/mol. The number of anilines is 1. The van der Waals surface area contributed by atoms with Gasteiger partial charge in [0.25, 0.3) is 10.0 Å². The van der Waals surface area contributed by atoms with E-state index in [1.54, 1.807) is 24.4 Å². The Bertz CT molecular complexity index is 1440. The van der Waals surface area contributed by atoms with E-state index < -0.39 is 22.5 Å². The van der Waals surface area contributed by atoms with Crippen molar-refractivity contribution in [1.29, 1.82) is 0 Å². The Morgan fingerprint density at radius 1 is 1.03 bits per heavy atom. The number of benzene rings is 3. The molecule has 3 aromatic carbocycles. The quantitative estimate of drug-likeness (QED) is 0.184. The summed E-state index contributed by atoms with van der Waals surface area (Å²) in [5.41, 5.74) is 1.08. The zero-order chi connectivity index (χ0) is 25.0. The lowest BCUT2D eigenvalue weighted by Crippen LogP contribution is -2.36. The van der Waals surface area contributed by atoms with E-state index in [4.69, 9.17) is 32.4 Å². The minimum atomic E-state index is -4.20. The third kappa shape index (κ3) is 5.78. The number of fused-ring (bicyclic) bond motifs is 1. The first-order valence-electron chi connectivity index (χ1n) is 10.9. The van der Waals surface area contributed by atoms with Gasteiger partial charge in [-0.2, -0.15) is 0 Å². The van der Waals surface area contributed by atoms with E-state index in [1.807, 2.05) is 25.1 Å². The molecule has 35 heavy (non-hydrogen) atoms. The fourth-order valence-corrected chi connectivity index (χ4v) is 5.63. The number of sulfonamides is 1. The van der Waals surface area contributed by atoms with E-state index in [2.05, 4.69) is 4.98 Å². The first-order valence-corrected chi connectivity index (χ1v) is 13.1. The number of nitrogens with zero attached hydrogens (tertiary/aromatic N) is 2. The van der Waals surface area contributed by atoms with E-state index >= 15 is 0 Å². The number of carbonyl (C=O) groups is 1. The minimum absolute atomic E-state index is 0.129. The molecule has 10 heteroatoms. The molecule has 0 amide bonds. The topological polar surface area (TPSA) is 89.7 Å². The number of esters is 1. The molecule has 4 rings (SSSR count). The molecule has 0 fully saturated rings. The highest BCUT2D eigenvalue weighted by Crippen LogP contribution is 2.31. The molecule has 0 spiro atoms. The first-order chi connectivity index (χ1) is 16.8. The normalized spacial score (nSPS) is 11.5. The Morgan fingerprint density at radius 3 is 2.43 bits per heavy atom. The monoisotopic (exact) mass is 532 g/mol. The van der Waals surface area contributed by atoms with Gasteiger partial charge in [0.2, 0.25) is 5.89 Å². The zero-order valence-electron chi connectivity index (χ0n) is 18.8. The Balaban J connectivity index is 1.74. The maximum Gasteiger partial charge on any atom is 0.326 e. The van der Waals surface area contributed by atoms with E-state index in [0.29, 0.717) is 18.0 Å². The van der Waals surface area contributed by atoms with Gasteiger partial charge in [-0.3, -0.25) is 9.10 Å². The van der Waals surface area contributed by atoms with Crippen LogP contribution in [0.1, 0.15) is 19.8 Å². The van der Waals surface area contributed by atoms with E-state index in [0.717, 1.165) is 27.1 Å². The average molecular weight is 533 g/mol. The fourth-order valence-electron chi connectivity index (χ4n) is 3.50. The molecule has 0 saturated heterocycles. The van der Waals surface area contributed by atoms with Crippen LogP contribution in [0.25, 0.3) is 22.2 Å². The molecule has 7 nitrogen and oxygen atoms in total. The van der Waals surface area contributed by atoms with Gasteiger partial charge in [-0.1, -0.05) is 48.7 Å². The number of unbranched alkanes of at least 4 members (excludes halogenated alkanes) is 1. The molecule has 4 aromatic rings. The number of hydrogen-bond donors (Lipinski definition) is 0. The highest BCUT2D eigenvalue weighted by Gasteiger charge is 2.29. The molecule has 1 aromatic heterocycles. The molecular formula is C25H22Cl2N2O5S. The average Bonchev–Trinajstić information content (AvgIpc) is 3.36. The molecule has 0 atom stereocenters. The molecule has 0 aliphatic heterocycles. The van der Waals surface area contributed by atoms with Gasteiger partial charge >= 0.3 is 5.97 Å². The van der Waals surface area contributed by atoms with Gasteiger partial charge in [-0.15, -0.1) is 0 Å². The summed E-state index contributed by atoms with van der Waals surface area (Å²) in [7, 11) is -4.20. The summed E-state index contributed by atoms with van der Waals surface area (Å²) < 4.78 is 38.9. The number of rotatable bonds is 9. The van der Waals surface area contributed by atoms with E-state index in [9.17, 15) is 13.2 Å². The smallest absolute Gasteiger partial charge is 0.326 e. The number of carbonyl (C=O) groups excluding carboxylic acids is 1. The molecule has 182 valence electrons. The summed E-state index contributed by atoms with van der Waals surface area (Å²) in [6.07, 6.45) is 4.59. The maximum absolute atomic E-state index is 13.6. The SMILES string of the molecule is CCCCOC(=O)CN(c1ccc2cc(-c3ncco3)ccc2c1)S(=O)(=O)c1cc(Cl)cc(Cl)c1. The predicted octanol–water partition coefficient (Wildman–Crippen LogP) is 6.34. The van der Waals surface area contributed by atoms with Gasteiger partial charge in [0.05, 0.1) is 23.4 Å². The van der Waals surface area contributed by atoms with Crippen LogP contribution >= 0.6 is 23.2 Å². The van der Waals surface area contributed by atoms with Crippen molar-refractivity contribution in [3.8, 4) is 11.5 Å². The second-order valence-electron chi connectivity index (χ2n) is 7.77. The van der Waals surface area contributed by atoms with Crippen LogP contribution in [0, 0.1) is 0 Å². The van der Waals surface area contributed by atoms with Crippen molar-refractivity contribution in [2.75, 3.05) is 17.5 Å². The Hall–Kier alpha value is -3.07. The van der Waals surface area contributed by atoms with Crippen molar-refractivity contribution < 1.29 is 22.4 Å².